The molecule has 170 valence electrons. The molecule has 0 unspecified atom stereocenters. The lowest BCUT2D eigenvalue weighted by atomic mass is 9.94. The largest absolute Gasteiger partial charge is 0.207 e. The van der Waals surface area contributed by atoms with Crippen LogP contribution in [0.15, 0.2) is 92.0 Å². The minimum absolute atomic E-state index is 0.133. The zero-order valence-corrected chi connectivity index (χ0v) is 20.3. The Bertz CT molecular complexity index is 938. The Morgan fingerprint density at radius 3 is 2.09 bits per heavy atom. The zero-order chi connectivity index (χ0) is 23.8. The van der Waals surface area contributed by atoms with Crippen LogP contribution in [0.3, 0.4) is 0 Å². The van der Waals surface area contributed by atoms with E-state index in [4.69, 9.17) is 0 Å². The quantitative estimate of drug-likeness (QED) is 0.327. The molecule has 0 aliphatic carbocycles. The minimum Gasteiger partial charge on any atom is -0.207 e. The van der Waals surface area contributed by atoms with Crippen molar-refractivity contribution in [3.63, 3.8) is 0 Å². The van der Waals surface area contributed by atoms with Crippen molar-refractivity contribution in [2.45, 2.75) is 59.8 Å². The van der Waals surface area contributed by atoms with Gasteiger partial charge in [-0.15, -0.1) is 6.58 Å². The normalized spacial score (nSPS) is 9.66. The number of halogens is 1. The molecular weight excluding hydrogens is 391 g/mol. The summed E-state index contributed by atoms with van der Waals surface area (Å²) in [5.41, 5.74) is 7.48. The summed E-state index contributed by atoms with van der Waals surface area (Å²) < 4.78 is 12.5. The van der Waals surface area contributed by atoms with Crippen molar-refractivity contribution in [1.82, 2.24) is 0 Å². The molecule has 3 rings (SSSR count). The van der Waals surface area contributed by atoms with E-state index >= 15 is 0 Å². The topological polar surface area (TPSA) is 0 Å². The molecule has 0 heterocycles. The molecule has 0 aliphatic rings. The van der Waals surface area contributed by atoms with Gasteiger partial charge in [0.2, 0.25) is 0 Å². The number of aryl methyl sites for hydroxylation is 2. The first-order chi connectivity index (χ1) is 15.5. The summed E-state index contributed by atoms with van der Waals surface area (Å²) in [7, 11) is 0. The monoisotopic (exact) mass is 430 g/mol. The van der Waals surface area contributed by atoms with Crippen molar-refractivity contribution in [3.8, 4) is 11.1 Å². The number of allylic oxidation sites excluding steroid dienone is 2. The molecule has 0 spiro atoms. The Morgan fingerprint density at radius 2 is 1.53 bits per heavy atom. The summed E-state index contributed by atoms with van der Waals surface area (Å²) in [5.74, 6) is -0.133. The zero-order valence-electron chi connectivity index (χ0n) is 20.3. The Balaban J connectivity index is 0.000000307. The molecule has 0 radical (unpaired) electrons. The van der Waals surface area contributed by atoms with E-state index in [0.717, 1.165) is 37.7 Å². The van der Waals surface area contributed by atoms with Crippen molar-refractivity contribution in [3.05, 3.63) is 115 Å². The van der Waals surface area contributed by atoms with Crippen LogP contribution >= 0.6 is 0 Å². The van der Waals surface area contributed by atoms with Gasteiger partial charge in [0.25, 0.3) is 0 Å². The van der Waals surface area contributed by atoms with Crippen LogP contribution in [0.25, 0.3) is 16.7 Å². The number of rotatable bonds is 7. The van der Waals surface area contributed by atoms with E-state index in [9.17, 15) is 4.39 Å². The van der Waals surface area contributed by atoms with Crippen LogP contribution in [-0.4, -0.2) is 0 Å². The smallest absolute Gasteiger partial charge is 0.123 e. The lowest BCUT2D eigenvalue weighted by molar-refractivity contribution is 0.625. The molecule has 0 aromatic heterocycles. The predicted molar refractivity (Wildman–Crippen MR) is 141 cm³/mol. The molecule has 32 heavy (non-hydrogen) atoms. The lowest BCUT2D eigenvalue weighted by Crippen LogP contribution is -1.89. The minimum atomic E-state index is -0.133. The molecular formula is C31H39F. The van der Waals surface area contributed by atoms with Gasteiger partial charge in [0, 0.05) is 0 Å². The summed E-state index contributed by atoms with van der Waals surface area (Å²) >= 11 is 0. The van der Waals surface area contributed by atoms with E-state index in [-0.39, 0.29) is 5.82 Å². The van der Waals surface area contributed by atoms with Crippen LogP contribution in [0.1, 0.15) is 63.1 Å². The summed E-state index contributed by atoms with van der Waals surface area (Å²) in [4.78, 5) is 0. The van der Waals surface area contributed by atoms with Crippen LogP contribution in [0.2, 0.25) is 0 Å². The summed E-state index contributed by atoms with van der Waals surface area (Å²) in [6, 6.07) is 23.9. The SMILES string of the molecule is C=C(CCC)c1cc(-c2ccccc2)ccc1C.C=CCC.CCCc1cccc(F)c1. The molecule has 0 aliphatic heterocycles. The van der Waals surface area contributed by atoms with Gasteiger partial charge in [-0.2, -0.15) is 0 Å². The fraction of sp³-hybridized carbons (Fsp3) is 0.290. The van der Waals surface area contributed by atoms with Gasteiger partial charge in [0.1, 0.15) is 5.82 Å². The molecule has 3 aromatic carbocycles. The van der Waals surface area contributed by atoms with Crippen LogP contribution in [0.4, 0.5) is 4.39 Å². The van der Waals surface area contributed by atoms with Gasteiger partial charge in [-0.3, -0.25) is 0 Å². The highest BCUT2D eigenvalue weighted by Gasteiger charge is 2.05. The second-order valence-corrected chi connectivity index (χ2v) is 7.83. The van der Waals surface area contributed by atoms with Crippen molar-refractivity contribution in [2.75, 3.05) is 0 Å². The third kappa shape index (κ3) is 9.92. The van der Waals surface area contributed by atoms with Gasteiger partial charge in [-0.05, 0) is 77.8 Å². The summed E-state index contributed by atoms with van der Waals surface area (Å²) in [6.07, 6.45) is 7.22. The van der Waals surface area contributed by atoms with E-state index in [1.165, 1.54) is 33.9 Å². The van der Waals surface area contributed by atoms with Gasteiger partial charge in [0.15, 0.2) is 0 Å². The van der Waals surface area contributed by atoms with Crippen LogP contribution < -0.4 is 0 Å². The van der Waals surface area contributed by atoms with Crippen LogP contribution in [-0.2, 0) is 6.42 Å². The van der Waals surface area contributed by atoms with Gasteiger partial charge in [-0.25, -0.2) is 4.39 Å². The standard InChI is InChI=1S/C18H20.C9H11F.C4H8/c1-4-8-14(2)18-13-17(12-11-15(18)3)16-9-6-5-7-10-16;1-2-4-8-5-3-6-9(10)7-8;1-3-4-2/h5-7,9-13H,2,4,8H2,1,3H3;3,5-7H,2,4H2,1H3;3H,1,4H2,2H3. The Morgan fingerprint density at radius 1 is 0.844 bits per heavy atom. The van der Waals surface area contributed by atoms with E-state index in [0.29, 0.717) is 0 Å². The highest BCUT2D eigenvalue weighted by atomic mass is 19.1. The van der Waals surface area contributed by atoms with Crippen molar-refractivity contribution < 1.29 is 4.39 Å². The van der Waals surface area contributed by atoms with Gasteiger partial charge in [-0.1, -0.05) is 101 Å². The van der Waals surface area contributed by atoms with Crippen LogP contribution in [0, 0.1) is 12.7 Å². The Labute approximate surface area is 195 Å². The highest BCUT2D eigenvalue weighted by molar-refractivity contribution is 5.73. The van der Waals surface area contributed by atoms with Crippen LogP contribution in [0.5, 0.6) is 0 Å². The molecule has 0 saturated carbocycles. The second kappa shape index (κ2) is 15.8. The van der Waals surface area contributed by atoms with Crippen molar-refractivity contribution in [2.24, 2.45) is 0 Å². The Hall–Kier alpha value is -2.93. The fourth-order valence-corrected chi connectivity index (χ4v) is 3.23. The molecule has 3 aromatic rings. The average molecular weight is 431 g/mol. The molecule has 0 nitrogen and oxygen atoms in total. The summed E-state index contributed by atoms with van der Waals surface area (Å²) in [6.45, 7) is 16.2. The predicted octanol–water partition coefficient (Wildman–Crippen LogP) is 9.84. The lowest BCUT2D eigenvalue weighted by Gasteiger charge is -2.11. The first kappa shape index (κ1) is 27.1. The van der Waals surface area contributed by atoms with Gasteiger partial charge in [0.05, 0.1) is 0 Å². The Kier molecular flexibility index (Phi) is 13.4. The number of hydrogen-bond acceptors (Lipinski definition) is 0. The van der Waals surface area contributed by atoms with Gasteiger partial charge >= 0.3 is 0 Å². The molecule has 0 atom stereocenters. The van der Waals surface area contributed by atoms with Crippen molar-refractivity contribution >= 4 is 5.57 Å². The number of hydrogen-bond donors (Lipinski definition) is 0. The first-order valence-electron chi connectivity index (χ1n) is 11.7. The van der Waals surface area contributed by atoms with Gasteiger partial charge < -0.3 is 0 Å². The van der Waals surface area contributed by atoms with E-state index < -0.39 is 0 Å². The molecule has 0 N–H and O–H groups in total. The molecule has 1 heteroatoms. The maximum absolute atomic E-state index is 12.5. The van der Waals surface area contributed by atoms with E-state index in [1.807, 2.05) is 12.1 Å². The maximum atomic E-state index is 12.5. The fourth-order valence-electron chi connectivity index (χ4n) is 3.23. The second-order valence-electron chi connectivity index (χ2n) is 7.83. The first-order valence-corrected chi connectivity index (χ1v) is 11.7. The molecule has 0 amide bonds. The highest BCUT2D eigenvalue weighted by Crippen LogP contribution is 2.27. The average Bonchev–Trinajstić information content (AvgIpc) is 2.81. The van der Waals surface area contributed by atoms with Crippen molar-refractivity contribution in [1.29, 1.82) is 0 Å². The summed E-state index contributed by atoms with van der Waals surface area (Å²) in [5, 5.41) is 0. The van der Waals surface area contributed by atoms with E-state index in [1.54, 1.807) is 12.1 Å². The third-order valence-electron chi connectivity index (χ3n) is 4.99. The molecule has 0 bridgehead atoms. The van der Waals surface area contributed by atoms with E-state index in [2.05, 4.69) is 89.4 Å². The maximum Gasteiger partial charge on any atom is 0.123 e. The molecule has 0 saturated heterocycles. The molecule has 0 fully saturated rings. The number of benzene rings is 3. The third-order valence-corrected chi connectivity index (χ3v) is 4.99.